The Kier molecular flexibility index (Phi) is 8.48. The van der Waals surface area contributed by atoms with Gasteiger partial charge < -0.3 is 25.8 Å². The van der Waals surface area contributed by atoms with Gasteiger partial charge in [0.15, 0.2) is 0 Å². The van der Waals surface area contributed by atoms with E-state index in [4.69, 9.17) is 15.2 Å². The topological polar surface area (TPSA) is 98.5 Å². The number of amides is 2. The molecule has 0 aliphatic rings. The number of carbonyl (C=O) groups is 1. The average Bonchev–Trinajstić information content (AvgIpc) is 2.68. The summed E-state index contributed by atoms with van der Waals surface area (Å²) in [6, 6.07) is 16.2. The second-order valence-electron chi connectivity index (χ2n) is 5.77. The van der Waals surface area contributed by atoms with E-state index in [1.807, 2.05) is 42.5 Å². The molecule has 1 aromatic heterocycles. The zero-order valence-corrected chi connectivity index (χ0v) is 16.1. The van der Waals surface area contributed by atoms with Crippen molar-refractivity contribution in [3.05, 3.63) is 60.8 Å². The minimum absolute atomic E-state index is 0. The van der Waals surface area contributed by atoms with Crippen molar-refractivity contribution in [3.8, 4) is 5.75 Å². The van der Waals surface area contributed by atoms with Gasteiger partial charge in [-0.3, -0.25) is 4.98 Å². The summed E-state index contributed by atoms with van der Waals surface area (Å²) in [4.78, 5) is 16.5. The number of hydrogen-bond acceptors (Lipinski definition) is 5. The molecule has 0 unspecified atom stereocenters. The summed E-state index contributed by atoms with van der Waals surface area (Å²) < 4.78 is 10.9. The van der Waals surface area contributed by atoms with Crippen LogP contribution in [0, 0.1) is 0 Å². The molecule has 8 heteroatoms. The van der Waals surface area contributed by atoms with Crippen LogP contribution in [0.3, 0.4) is 0 Å². The van der Waals surface area contributed by atoms with Crippen molar-refractivity contribution >= 4 is 40.7 Å². The highest BCUT2D eigenvalue weighted by molar-refractivity contribution is 6.01. The molecule has 4 N–H and O–H groups in total. The minimum atomic E-state index is -0.332. The van der Waals surface area contributed by atoms with Crippen LogP contribution in [0.1, 0.15) is 0 Å². The highest BCUT2D eigenvalue weighted by atomic mass is 35.5. The molecule has 0 bridgehead atoms. The lowest BCUT2D eigenvalue weighted by Crippen LogP contribution is -2.19. The standard InChI is InChI=1S/C20H22N4O3.ClH/c21-8-10-26-11-12-27-18-5-1-4-16(14-18)23-20(25)24-17-6-7-19-15(13-17)3-2-9-22-19;/h1-7,9,13-14H,8,10-12,21H2,(H2,23,24,25);1H. The van der Waals surface area contributed by atoms with E-state index in [2.05, 4.69) is 15.6 Å². The first-order chi connectivity index (χ1) is 13.2. The fourth-order valence-electron chi connectivity index (χ4n) is 2.51. The highest BCUT2D eigenvalue weighted by Gasteiger charge is 2.05. The number of benzene rings is 2. The van der Waals surface area contributed by atoms with Crippen molar-refractivity contribution in [1.82, 2.24) is 4.98 Å². The molecule has 7 nitrogen and oxygen atoms in total. The Labute approximate surface area is 169 Å². The molecule has 0 atom stereocenters. The predicted molar refractivity (Wildman–Crippen MR) is 113 cm³/mol. The SMILES string of the molecule is Cl.NCCOCCOc1cccc(NC(=O)Nc2ccc3ncccc3c2)c1. The first kappa shape index (κ1) is 21.4. The summed E-state index contributed by atoms with van der Waals surface area (Å²) in [5, 5.41) is 6.57. The smallest absolute Gasteiger partial charge is 0.323 e. The zero-order valence-electron chi connectivity index (χ0n) is 15.3. The third kappa shape index (κ3) is 6.38. The van der Waals surface area contributed by atoms with Crippen LogP contribution in [0.4, 0.5) is 16.2 Å². The first-order valence-corrected chi connectivity index (χ1v) is 8.68. The normalized spacial score (nSPS) is 10.2. The number of ether oxygens (including phenoxy) is 2. The zero-order chi connectivity index (χ0) is 18.9. The van der Waals surface area contributed by atoms with E-state index in [1.165, 1.54) is 0 Å². The molecule has 148 valence electrons. The van der Waals surface area contributed by atoms with Crippen LogP contribution >= 0.6 is 12.4 Å². The Bertz CT molecular complexity index is 907. The molecule has 0 fully saturated rings. The predicted octanol–water partition coefficient (Wildman–Crippen LogP) is 3.65. The van der Waals surface area contributed by atoms with Gasteiger partial charge in [0.2, 0.25) is 0 Å². The number of carbonyl (C=O) groups excluding carboxylic acids is 1. The molecular formula is C20H23ClN4O3. The molecule has 0 radical (unpaired) electrons. The number of aromatic nitrogens is 1. The maximum atomic E-state index is 12.3. The van der Waals surface area contributed by atoms with Crippen molar-refractivity contribution in [2.75, 3.05) is 37.0 Å². The van der Waals surface area contributed by atoms with E-state index in [9.17, 15) is 4.79 Å². The Balaban J connectivity index is 0.00000280. The number of fused-ring (bicyclic) bond motifs is 1. The van der Waals surface area contributed by atoms with E-state index in [0.717, 1.165) is 10.9 Å². The molecule has 1 heterocycles. The third-order valence-corrected chi connectivity index (χ3v) is 3.71. The molecular weight excluding hydrogens is 380 g/mol. The lowest BCUT2D eigenvalue weighted by atomic mass is 10.2. The number of rotatable bonds is 8. The van der Waals surface area contributed by atoms with Crippen LogP contribution in [0.5, 0.6) is 5.75 Å². The fraction of sp³-hybridized carbons (Fsp3) is 0.200. The molecule has 3 rings (SSSR count). The summed E-state index contributed by atoms with van der Waals surface area (Å²) in [5.41, 5.74) is 7.56. The molecule has 28 heavy (non-hydrogen) atoms. The Morgan fingerprint density at radius 2 is 1.79 bits per heavy atom. The third-order valence-electron chi connectivity index (χ3n) is 3.71. The van der Waals surface area contributed by atoms with Crippen LogP contribution in [-0.4, -0.2) is 37.4 Å². The summed E-state index contributed by atoms with van der Waals surface area (Å²) in [6.45, 7) is 1.88. The number of nitrogens with zero attached hydrogens (tertiary/aromatic N) is 1. The number of anilines is 2. The Morgan fingerprint density at radius 3 is 2.61 bits per heavy atom. The van der Waals surface area contributed by atoms with E-state index < -0.39 is 0 Å². The van der Waals surface area contributed by atoms with Gasteiger partial charge in [0, 0.05) is 35.6 Å². The monoisotopic (exact) mass is 402 g/mol. The lowest BCUT2D eigenvalue weighted by Gasteiger charge is -2.11. The van der Waals surface area contributed by atoms with Gasteiger partial charge in [-0.15, -0.1) is 12.4 Å². The lowest BCUT2D eigenvalue weighted by molar-refractivity contribution is 0.106. The number of pyridine rings is 1. The van der Waals surface area contributed by atoms with Gasteiger partial charge in [-0.05, 0) is 36.4 Å². The van der Waals surface area contributed by atoms with Gasteiger partial charge in [0.25, 0.3) is 0 Å². The average molecular weight is 403 g/mol. The van der Waals surface area contributed by atoms with Gasteiger partial charge >= 0.3 is 6.03 Å². The number of nitrogens with one attached hydrogen (secondary N) is 2. The summed E-state index contributed by atoms with van der Waals surface area (Å²) in [7, 11) is 0. The van der Waals surface area contributed by atoms with Crippen LogP contribution in [0.2, 0.25) is 0 Å². The second-order valence-corrected chi connectivity index (χ2v) is 5.77. The number of hydrogen-bond donors (Lipinski definition) is 3. The van der Waals surface area contributed by atoms with Crippen molar-refractivity contribution in [2.24, 2.45) is 5.73 Å². The van der Waals surface area contributed by atoms with Crippen molar-refractivity contribution < 1.29 is 14.3 Å². The van der Waals surface area contributed by atoms with Gasteiger partial charge in [-0.2, -0.15) is 0 Å². The fourth-order valence-corrected chi connectivity index (χ4v) is 2.51. The summed E-state index contributed by atoms with van der Waals surface area (Å²) in [5.74, 6) is 0.654. The Morgan fingerprint density at radius 1 is 0.964 bits per heavy atom. The quantitative estimate of drug-likeness (QED) is 0.499. The molecule has 0 saturated heterocycles. The molecule has 0 aliphatic carbocycles. The molecule has 0 saturated carbocycles. The van der Waals surface area contributed by atoms with E-state index in [-0.39, 0.29) is 18.4 Å². The Hall–Kier alpha value is -2.87. The van der Waals surface area contributed by atoms with Gasteiger partial charge in [-0.1, -0.05) is 12.1 Å². The van der Waals surface area contributed by atoms with E-state index in [1.54, 1.807) is 18.3 Å². The van der Waals surface area contributed by atoms with Crippen LogP contribution in [0.25, 0.3) is 10.9 Å². The minimum Gasteiger partial charge on any atom is -0.491 e. The number of urea groups is 1. The second kappa shape index (κ2) is 11.1. The summed E-state index contributed by atoms with van der Waals surface area (Å²) >= 11 is 0. The first-order valence-electron chi connectivity index (χ1n) is 8.68. The number of nitrogens with two attached hydrogens (primary N) is 1. The highest BCUT2D eigenvalue weighted by Crippen LogP contribution is 2.19. The summed E-state index contributed by atoms with van der Waals surface area (Å²) in [6.07, 6.45) is 1.74. The molecule has 0 aliphatic heterocycles. The van der Waals surface area contributed by atoms with Crippen molar-refractivity contribution in [1.29, 1.82) is 0 Å². The van der Waals surface area contributed by atoms with Crippen LogP contribution in [0.15, 0.2) is 60.8 Å². The van der Waals surface area contributed by atoms with Gasteiger partial charge in [0.05, 0.1) is 18.7 Å². The largest absolute Gasteiger partial charge is 0.491 e. The maximum absolute atomic E-state index is 12.3. The van der Waals surface area contributed by atoms with Crippen LogP contribution < -0.4 is 21.1 Å². The van der Waals surface area contributed by atoms with Crippen molar-refractivity contribution in [2.45, 2.75) is 0 Å². The molecule has 3 aromatic rings. The maximum Gasteiger partial charge on any atom is 0.323 e. The molecule has 0 spiro atoms. The van der Waals surface area contributed by atoms with E-state index >= 15 is 0 Å². The van der Waals surface area contributed by atoms with Crippen molar-refractivity contribution in [3.63, 3.8) is 0 Å². The van der Waals surface area contributed by atoms with Gasteiger partial charge in [0.1, 0.15) is 12.4 Å². The van der Waals surface area contributed by atoms with Crippen LogP contribution in [-0.2, 0) is 4.74 Å². The molecule has 2 amide bonds. The van der Waals surface area contributed by atoms with Gasteiger partial charge in [-0.25, -0.2) is 4.79 Å². The molecule has 2 aromatic carbocycles. The van der Waals surface area contributed by atoms with E-state index in [0.29, 0.717) is 43.5 Å². The number of halogens is 1.